The third-order valence-corrected chi connectivity index (χ3v) is 6.01. The molecule has 4 aromatic rings. The second-order valence-corrected chi connectivity index (χ2v) is 8.32. The number of carbonyl (C=O) groups excluding carboxylic acids is 1. The number of hydrogen-bond acceptors (Lipinski definition) is 6. The van der Waals surface area contributed by atoms with Crippen LogP contribution in [0.2, 0.25) is 5.02 Å². The fourth-order valence-electron chi connectivity index (χ4n) is 3.90. The van der Waals surface area contributed by atoms with Crippen LogP contribution in [0.4, 0.5) is 5.82 Å². The summed E-state index contributed by atoms with van der Waals surface area (Å²) in [6, 6.07) is 18.8. The molecule has 0 aliphatic carbocycles. The number of anilines is 1. The topological polar surface area (TPSA) is 95.1 Å². The highest BCUT2D eigenvalue weighted by molar-refractivity contribution is 6.30. The Morgan fingerprint density at radius 3 is 2.32 bits per heavy atom. The Kier molecular flexibility index (Phi) is 6.05. The molecule has 34 heavy (non-hydrogen) atoms. The van der Waals surface area contributed by atoms with Crippen molar-refractivity contribution in [3.8, 4) is 22.6 Å². The summed E-state index contributed by atoms with van der Waals surface area (Å²) in [6.45, 7) is 2.15. The fraction of sp³-hybridized carbons (Fsp3) is 0.160. The molecule has 1 saturated heterocycles. The van der Waals surface area contributed by atoms with Crippen LogP contribution < -0.4 is 10.5 Å². The van der Waals surface area contributed by atoms with E-state index in [1.807, 2.05) is 36.4 Å². The summed E-state index contributed by atoms with van der Waals surface area (Å²) in [4.78, 5) is 45.2. The predicted octanol–water partition coefficient (Wildman–Crippen LogP) is 3.51. The third-order valence-electron chi connectivity index (χ3n) is 5.76. The van der Waals surface area contributed by atoms with Gasteiger partial charge >= 0.3 is 0 Å². The van der Waals surface area contributed by atoms with Crippen LogP contribution in [-0.2, 0) is 0 Å². The van der Waals surface area contributed by atoms with E-state index in [4.69, 9.17) is 11.6 Å². The number of amides is 1. The van der Waals surface area contributed by atoms with Gasteiger partial charge in [0.15, 0.2) is 0 Å². The van der Waals surface area contributed by atoms with Gasteiger partial charge in [-0.25, -0.2) is 15.0 Å². The molecule has 0 saturated carbocycles. The molecule has 0 unspecified atom stereocenters. The van der Waals surface area contributed by atoms with Gasteiger partial charge in [0.1, 0.15) is 23.5 Å². The highest BCUT2D eigenvalue weighted by Gasteiger charge is 2.25. The summed E-state index contributed by atoms with van der Waals surface area (Å²) in [5.41, 5.74) is 2.15. The van der Waals surface area contributed by atoms with Crippen LogP contribution in [0.3, 0.4) is 0 Å². The Bertz CT molecular complexity index is 1370. The van der Waals surface area contributed by atoms with Crippen molar-refractivity contribution in [2.75, 3.05) is 31.1 Å². The molecule has 1 fully saturated rings. The first kappa shape index (κ1) is 21.8. The Balaban J connectivity index is 1.27. The van der Waals surface area contributed by atoms with Crippen LogP contribution in [0.1, 0.15) is 10.4 Å². The molecule has 170 valence electrons. The van der Waals surface area contributed by atoms with E-state index in [0.29, 0.717) is 42.6 Å². The monoisotopic (exact) mass is 472 g/mol. The Morgan fingerprint density at radius 1 is 0.882 bits per heavy atom. The van der Waals surface area contributed by atoms with Crippen molar-refractivity contribution in [2.45, 2.75) is 0 Å². The second-order valence-electron chi connectivity index (χ2n) is 7.89. The van der Waals surface area contributed by atoms with Gasteiger partial charge in [-0.2, -0.15) is 0 Å². The summed E-state index contributed by atoms with van der Waals surface area (Å²) >= 11 is 5.92. The van der Waals surface area contributed by atoms with E-state index in [1.165, 1.54) is 6.20 Å². The van der Waals surface area contributed by atoms with Crippen molar-refractivity contribution >= 4 is 23.3 Å². The predicted molar refractivity (Wildman–Crippen MR) is 131 cm³/mol. The largest absolute Gasteiger partial charge is 0.353 e. The molecule has 1 amide bonds. The molecule has 0 spiro atoms. The molecule has 8 nitrogen and oxygen atoms in total. The minimum atomic E-state index is -0.462. The van der Waals surface area contributed by atoms with Crippen LogP contribution in [0.15, 0.2) is 78.0 Å². The summed E-state index contributed by atoms with van der Waals surface area (Å²) < 4.78 is 0. The third kappa shape index (κ3) is 4.53. The Labute approximate surface area is 200 Å². The summed E-state index contributed by atoms with van der Waals surface area (Å²) in [5.74, 6) is 0.873. The maximum Gasteiger partial charge on any atom is 0.264 e. The second kappa shape index (κ2) is 9.44. The van der Waals surface area contributed by atoms with Crippen molar-refractivity contribution < 1.29 is 4.79 Å². The smallest absolute Gasteiger partial charge is 0.264 e. The number of nitrogens with one attached hydrogen (secondary N) is 1. The van der Waals surface area contributed by atoms with Crippen LogP contribution >= 0.6 is 11.6 Å². The van der Waals surface area contributed by atoms with Gasteiger partial charge in [-0.3, -0.25) is 9.59 Å². The molecule has 0 atom stereocenters. The molecule has 0 radical (unpaired) electrons. The van der Waals surface area contributed by atoms with Crippen LogP contribution in [0, 0.1) is 0 Å². The molecule has 9 heteroatoms. The van der Waals surface area contributed by atoms with E-state index in [2.05, 4.69) is 24.8 Å². The lowest BCUT2D eigenvalue weighted by atomic mass is 10.1. The summed E-state index contributed by atoms with van der Waals surface area (Å²) in [7, 11) is 0. The van der Waals surface area contributed by atoms with Crippen LogP contribution in [0.5, 0.6) is 0 Å². The van der Waals surface area contributed by atoms with Gasteiger partial charge in [-0.15, -0.1) is 0 Å². The molecule has 1 aliphatic heterocycles. The standard InChI is InChI=1S/C25H21ClN6O2/c26-19-8-6-18(7-9-19)23-27-15-20(24(33)30-23)25(34)32-12-10-31(11-13-32)22-14-21(28-16-29-22)17-4-2-1-3-5-17/h1-9,14-16H,10-13H2,(H,27,30,33). The Hall–Kier alpha value is -4.04. The number of benzene rings is 2. The normalized spacial score (nSPS) is 13.7. The van der Waals surface area contributed by atoms with Gasteiger partial charge in [0.2, 0.25) is 0 Å². The average molecular weight is 473 g/mol. The van der Waals surface area contributed by atoms with Crippen molar-refractivity contribution in [3.63, 3.8) is 0 Å². The zero-order chi connectivity index (χ0) is 23.5. The van der Waals surface area contributed by atoms with Crippen molar-refractivity contribution in [2.24, 2.45) is 0 Å². The fourth-order valence-corrected chi connectivity index (χ4v) is 4.02. The summed E-state index contributed by atoms with van der Waals surface area (Å²) in [6.07, 6.45) is 2.90. The first-order valence-corrected chi connectivity index (χ1v) is 11.2. The van der Waals surface area contributed by atoms with Crippen molar-refractivity contribution in [1.29, 1.82) is 0 Å². The van der Waals surface area contributed by atoms with E-state index in [1.54, 1.807) is 35.5 Å². The van der Waals surface area contributed by atoms with E-state index < -0.39 is 5.56 Å². The molecule has 2 aromatic carbocycles. The van der Waals surface area contributed by atoms with Crippen molar-refractivity contribution in [1.82, 2.24) is 24.8 Å². The van der Waals surface area contributed by atoms with Gasteiger partial charge in [-0.05, 0) is 24.3 Å². The van der Waals surface area contributed by atoms with Gasteiger partial charge in [0.05, 0.1) is 5.69 Å². The number of H-pyrrole nitrogens is 1. The zero-order valence-corrected chi connectivity index (χ0v) is 18.9. The maximum atomic E-state index is 13.0. The number of carbonyl (C=O) groups is 1. The van der Waals surface area contributed by atoms with Gasteiger partial charge < -0.3 is 14.8 Å². The number of hydrogen-bond donors (Lipinski definition) is 1. The minimum absolute atomic E-state index is 0.0274. The molecule has 1 N–H and O–H groups in total. The van der Waals surface area contributed by atoms with E-state index in [-0.39, 0.29) is 11.5 Å². The lowest BCUT2D eigenvalue weighted by molar-refractivity contribution is 0.0744. The quantitative estimate of drug-likeness (QED) is 0.488. The molecular weight excluding hydrogens is 452 g/mol. The highest BCUT2D eigenvalue weighted by Crippen LogP contribution is 2.22. The SMILES string of the molecule is O=C(c1cnc(-c2ccc(Cl)cc2)[nH]c1=O)N1CCN(c2cc(-c3ccccc3)ncn2)CC1. The molecule has 2 aromatic heterocycles. The Morgan fingerprint density at radius 2 is 1.62 bits per heavy atom. The lowest BCUT2D eigenvalue weighted by Gasteiger charge is -2.35. The summed E-state index contributed by atoms with van der Waals surface area (Å²) in [5, 5.41) is 0.593. The first-order valence-electron chi connectivity index (χ1n) is 10.9. The molecule has 5 rings (SSSR count). The average Bonchev–Trinajstić information content (AvgIpc) is 2.89. The zero-order valence-electron chi connectivity index (χ0n) is 18.2. The van der Waals surface area contributed by atoms with E-state index >= 15 is 0 Å². The molecule has 0 bridgehead atoms. The van der Waals surface area contributed by atoms with Crippen molar-refractivity contribution in [3.05, 3.63) is 94.1 Å². The number of rotatable bonds is 4. The van der Waals surface area contributed by atoms with Gasteiger partial charge in [0, 0.05) is 54.6 Å². The number of piperazine rings is 1. The molecule has 3 heterocycles. The number of nitrogens with zero attached hydrogens (tertiary/aromatic N) is 5. The number of aromatic amines is 1. The lowest BCUT2D eigenvalue weighted by Crippen LogP contribution is -2.50. The molecule has 1 aliphatic rings. The first-order chi connectivity index (χ1) is 16.6. The van der Waals surface area contributed by atoms with Crippen LogP contribution in [0.25, 0.3) is 22.6 Å². The number of aromatic nitrogens is 4. The maximum absolute atomic E-state index is 13.0. The molecular formula is C25H21ClN6O2. The van der Waals surface area contributed by atoms with Gasteiger partial charge in [0.25, 0.3) is 11.5 Å². The van der Waals surface area contributed by atoms with Gasteiger partial charge in [-0.1, -0.05) is 41.9 Å². The van der Waals surface area contributed by atoms with E-state index in [0.717, 1.165) is 17.1 Å². The van der Waals surface area contributed by atoms with Crippen LogP contribution in [-0.4, -0.2) is 56.9 Å². The number of halogens is 1. The minimum Gasteiger partial charge on any atom is -0.353 e. The van der Waals surface area contributed by atoms with E-state index in [9.17, 15) is 9.59 Å². The highest BCUT2D eigenvalue weighted by atomic mass is 35.5.